The summed E-state index contributed by atoms with van der Waals surface area (Å²) in [6.07, 6.45) is 1.93. The molecule has 0 aliphatic carbocycles. The maximum absolute atomic E-state index is 12.2. The Morgan fingerprint density at radius 2 is 1.12 bits per heavy atom. The van der Waals surface area contributed by atoms with Gasteiger partial charge in [-0.15, -0.1) is 29.3 Å². The van der Waals surface area contributed by atoms with Gasteiger partial charge in [-0.2, -0.15) is 0 Å². The van der Waals surface area contributed by atoms with Gasteiger partial charge in [0.2, 0.25) is 0 Å². The first-order valence-corrected chi connectivity index (χ1v) is 22.1. The Labute approximate surface area is 395 Å². The molecule has 0 saturated heterocycles. The van der Waals surface area contributed by atoms with Gasteiger partial charge in [-0.3, -0.25) is 4.98 Å². The summed E-state index contributed by atoms with van der Waals surface area (Å²) in [5, 5.41) is 14.6. The summed E-state index contributed by atoms with van der Waals surface area (Å²) in [6.45, 7) is 24.5. The van der Waals surface area contributed by atoms with Crippen molar-refractivity contribution in [1.82, 2.24) is 9.97 Å². The van der Waals surface area contributed by atoms with Crippen LogP contribution in [0.3, 0.4) is 0 Å². The topological polar surface area (TPSA) is 49.3 Å². The molecule has 0 saturated carbocycles. The first kappa shape index (κ1) is 46.2. The van der Waals surface area contributed by atoms with Crippen LogP contribution >= 0.6 is 0 Å². The molecule has 2 heterocycles. The number of nitrogens with zero attached hydrogens (tertiary/aromatic N) is 3. The number of hydrogen-bond acceptors (Lipinski definition) is 4. The van der Waals surface area contributed by atoms with E-state index < -0.39 is 0 Å². The Morgan fingerprint density at radius 1 is 0.516 bits per heavy atom. The van der Waals surface area contributed by atoms with E-state index in [1.165, 1.54) is 16.3 Å². The van der Waals surface area contributed by atoms with Crippen molar-refractivity contribution in [2.24, 2.45) is 0 Å². The van der Waals surface area contributed by atoms with E-state index in [0.717, 1.165) is 67.4 Å². The second-order valence-corrected chi connectivity index (χ2v) is 20.6. The molecule has 0 aliphatic heterocycles. The van der Waals surface area contributed by atoms with Gasteiger partial charge in [-0.05, 0) is 103 Å². The molecule has 328 valence electrons. The van der Waals surface area contributed by atoms with Gasteiger partial charge in [0.05, 0.1) is 5.69 Å². The smallest absolute Gasteiger partial charge is 0.136 e. The van der Waals surface area contributed by atoms with Crippen molar-refractivity contribution in [1.29, 1.82) is 0 Å². The molecule has 0 unspecified atom stereocenters. The van der Waals surface area contributed by atoms with Crippen LogP contribution in [0.25, 0.3) is 44.4 Å². The summed E-state index contributed by atoms with van der Waals surface area (Å²) >= 11 is 0. The summed E-state index contributed by atoms with van der Waals surface area (Å²) in [5.41, 5.74) is 11.6. The van der Waals surface area contributed by atoms with Crippen molar-refractivity contribution in [3.05, 3.63) is 192 Å². The molecule has 2 aromatic heterocycles. The number of para-hydroxylation sites is 1. The third-order valence-corrected chi connectivity index (χ3v) is 12.4. The number of rotatable bonds is 8. The number of aromatic nitrogens is 2. The Kier molecular flexibility index (Phi) is 12.7. The van der Waals surface area contributed by atoms with Crippen molar-refractivity contribution in [3.8, 4) is 39.4 Å². The summed E-state index contributed by atoms with van der Waals surface area (Å²) in [7, 11) is 0. The van der Waals surface area contributed by atoms with Crippen molar-refractivity contribution >= 4 is 28.0 Å². The number of fused-ring (bicyclic) bond motifs is 1. The van der Waals surface area contributed by atoms with Crippen LogP contribution in [0.2, 0.25) is 0 Å². The number of phenolic OH excluding ortho intramolecular Hbond substituents is 1. The van der Waals surface area contributed by atoms with Crippen molar-refractivity contribution in [2.75, 3.05) is 4.90 Å². The van der Waals surface area contributed by atoms with E-state index in [9.17, 15) is 5.11 Å². The largest absolute Gasteiger partial charge is 0.507 e. The van der Waals surface area contributed by atoms with Crippen LogP contribution in [0.5, 0.6) is 5.75 Å². The van der Waals surface area contributed by atoms with Crippen molar-refractivity contribution in [3.63, 3.8) is 0 Å². The van der Waals surface area contributed by atoms with Crippen LogP contribution in [0, 0.1) is 6.07 Å². The van der Waals surface area contributed by atoms with Crippen LogP contribution in [-0.4, -0.2) is 15.1 Å². The third kappa shape index (κ3) is 9.36. The molecule has 0 spiro atoms. The van der Waals surface area contributed by atoms with E-state index >= 15 is 0 Å². The van der Waals surface area contributed by atoms with E-state index in [0.29, 0.717) is 5.69 Å². The second-order valence-electron chi connectivity index (χ2n) is 20.6. The van der Waals surface area contributed by atoms with Gasteiger partial charge < -0.3 is 10.0 Å². The molecule has 6 aromatic carbocycles. The Hall–Kier alpha value is -5.83. The Morgan fingerprint density at radius 3 is 1.80 bits per heavy atom. The molecule has 4 nitrogen and oxygen atoms in total. The number of phenols is 1. The van der Waals surface area contributed by atoms with E-state index in [1.54, 1.807) is 0 Å². The Balaban J connectivity index is 0.00000612. The molecular weight excluding hydrogens is 962 g/mol. The van der Waals surface area contributed by atoms with E-state index in [4.69, 9.17) is 9.97 Å². The number of benzene rings is 6. The fourth-order valence-electron chi connectivity index (χ4n) is 8.51. The van der Waals surface area contributed by atoms with Crippen molar-refractivity contribution in [2.45, 2.75) is 97.8 Å². The van der Waals surface area contributed by atoms with Gasteiger partial charge in [0.25, 0.3) is 0 Å². The predicted octanol–water partition coefficient (Wildman–Crippen LogP) is 15.8. The molecule has 0 atom stereocenters. The van der Waals surface area contributed by atoms with Crippen molar-refractivity contribution < 1.29 is 26.2 Å². The van der Waals surface area contributed by atoms with Gasteiger partial charge in [-0.1, -0.05) is 179 Å². The zero-order chi connectivity index (χ0) is 44.9. The van der Waals surface area contributed by atoms with E-state index in [2.05, 4.69) is 227 Å². The molecule has 64 heavy (non-hydrogen) atoms. The van der Waals surface area contributed by atoms with Gasteiger partial charge in [0, 0.05) is 49.5 Å². The van der Waals surface area contributed by atoms with E-state index in [-0.39, 0.29) is 48.5 Å². The fourth-order valence-corrected chi connectivity index (χ4v) is 8.51. The maximum Gasteiger partial charge on any atom is 0.136 e. The van der Waals surface area contributed by atoms with Gasteiger partial charge in [0.1, 0.15) is 11.6 Å². The molecule has 0 fully saturated rings. The standard InChI is InChI=1S/C59H60N3O.Pt/c1-56(2,3)44-31-42(52-33-41(39-21-14-12-15-22-39)34-53(61-52)49-36-45(57(4,5)6)37-51(55(49)63)58(7,8)9)32-47(35-44)62(46-25-16-13-17-26-46)54-38-43(29-30-60-54)59(10,11)50-28-20-24-40-23-18-19-27-48(40)50;/h12-31,33-38,63H,1-11H3;/q-1;. The van der Waals surface area contributed by atoms with Gasteiger partial charge in [-0.25, -0.2) is 4.98 Å². The second kappa shape index (κ2) is 17.6. The Bertz CT molecular complexity index is 2930. The molecule has 0 bridgehead atoms. The molecule has 5 heteroatoms. The molecular formula is C59H60N3OPt-. The maximum atomic E-state index is 12.2. The van der Waals surface area contributed by atoms with Gasteiger partial charge >= 0.3 is 0 Å². The summed E-state index contributed by atoms with van der Waals surface area (Å²) in [5.74, 6) is 1.06. The first-order chi connectivity index (χ1) is 29.8. The average molecular weight is 1020 g/mol. The van der Waals surface area contributed by atoms with Crippen LogP contribution in [0.1, 0.15) is 104 Å². The quantitative estimate of drug-likeness (QED) is 0.154. The SMILES string of the molecule is CC(C)(C)c1cc(-c2cc(-c3ccccc3)cc(-c3cc(C(C)(C)C)cc(C(C)(C)C)c3O)n2)[c-]c(N(c2ccccc2)c2cc(C(C)(C)c3cccc4ccccc34)ccn2)c1.[Pt]. The summed E-state index contributed by atoms with van der Waals surface area (Å²) in [4.78, 5) is 12.8. The molecule has 1 N–H and O–H groups in total. The number of aromatic hydroxyl groups is 1. The predicted molar refractivity (Wildman–Crippen MR) is 266 cm³/mol. The minimum absolute atomic E-state index is 0. The normalized spacial score (nSPS) is 12.2. The number of hydrogen-bond donors (Lipinski definition) is 1. The number of anilines is 3. The van der Waals surface area contributed by atoms with Crippen LogP contribution in [-0.2, 0) is 42.7 Å². The summed E-state index contributed by atoms with van der Waals surface area (Å²) in [6, 6.07) is 57.4. The molecule has 0 aliphatic rings. The third-order valence-electron chi connectivity index (χ3n) is 12.4. The summed E-state index contributed by atoms with van der Waals surface area (Å²) < 4.78 is 0. The minimum atomic E-state index is -0.329. The zero-order valence-corrected chi connectivity index (χ0v) is 41.4. The fraction of sp³-hybridized carbons (Fsp3) is 0.254. The molecule has 8 rings (SSSR count). The first-order valence-electron chi connectivity index (χ1n) is 22.1. The monoisotopic (exact) mass is 1020 g/mol. The molecule has 0 radical (unpaired) electrons. The minimum Gasteiger partial charge on any atom is -0.507 e. The average Bonchev–Trinajstić information content (AvgIpc) is 3.26. The van der Waals surface area contributed by atoms with E-state index in [1.807, 2.05) is 18.3 Å². The van der Waals surface area contributed by atoms with Crippen LogP contribution in [0.15, 0.2) is 158 Å². The van der Waals surface area contributed by atoms with Gasteiger partial charge in [0.15, 0.2) is 0 Å². The molecule has 8 aromatic rings. The number of pyridine rings is 2. The molecule has 0 amide bonds. The zero-order valence-electron chi connectivity index (χ0n) is 39.1. The van der Waals surface area contributed by atoms with Crippen LogP contribution < -0.4 is 4.90 Å². The van der Waals surface area contributed by atoms with Crippen LogP contribution in [0.4, 0.5) is 17.2 Å².